The Balaban J connectivity index is 2.06. The first kappa shape index (κ1) is 18.8. The highest BCUT2D eigenvalue weighted by Gasteiger charge is 2.50. The summed E-state index contributed by atoms with van der Waals surface area (Å²) in [6.45, 7) is 3.61. The number of phenolic OH excluding ortho intramolecular Hbond substituents is 2. The molecule has 0 unspecified atom stereocenters. The van der Waals surface area contributed by atoms with Crippen molar-refractivity contribution in [2.45, 2.75) is 36.8 Å². The minimum atomic E-state index is -2.20. The third kappa shape index (κ3) is 4.30. The summed E-state index contributed by atoms with van der Waals surface area (Å²) in [4.78, 5) is 11.2. The summed E-state index contributed by atoms with van der Waals surface area (Å²) in [7, 11) is 0. The van der Waals surface area contributed by atoms with Crippen LogP contribution in [0.5, 0.6) is 11.5 Å². The Kier molecular flexibility index (Phi) is 5.36. The Labute approximate surface area is 143 Å². The number of phenols is 2. The van der Waals surface area contributed by atoms with E-state index in [1.807, 2.05) is 0 Å². The predicted molar refractivity (Wildman–Crippen MR) is 86.7 cm³/mol. The summed E-state index contributed by atoms with van der Waals surface area (Å²) in [6, 6.07) is 4.13. The number of aliphatic hydroxyl groups is 3. The van der Waals surface area contributed by atoms with Gasteiger partial charge < -0.3 is 35.4 Å². The molecule has 1 aromatic rings. The van der Waals surface area contributed by atoms with Gasteiger partial charge in [-0.2, -0.15) is 0 Å². The van der Waals surface area contributed by atoms with Gasteiger partial charge in [0, 0.05) is 12.8 Å². The number of hydrogen-bond acceptors (Lipinski definition) is 7. The molecule has 8 heteroatoms. The number of carboxylic acid groups (broad SMARTS) is 1. The molecule has 1 aliphatic carbocycles. The van der Waals surface area contributed by atoms with Crippen LogP contribution in [0.25, 0.3) is 6.08 Å². The van der Waals surface area contributed by atoms with E-state index in [1.54, 1.807) is 0 Å². The molecule has 0 aromatic heterocycles. The SMILES string of the molecule is C=C(/C=C/c1ccc(O)c(O)c1)O[C@@H]1C[C@](O)(C(=O)O)C[C@@H](O)[C@H]1O. The molecule has 0 aliphatic heterocycles. The number of rotatable bonds is 5. The van der Waals surface area contributed by atoms with Gasteiger partial charge in [0.1, 0.15) is 18.0 Å². The zero-order valence-electron chi connectivity index (χ0n) is 13.2. The number of benzene rings is 1. The molecule has 0 amide bonds. The Morgan fingerprint density at radius 3 is 2.52 bits per heavy atom. The Morgan fingerprint density at radius 2 is 1.92 bits per heavy atom. The van der Waals surface area contributed by atoms with Gasteiger partial charge in [-0.3, -0.25) is 0 Å². The van der Waals surface area contributed by atoms with Crippen LogP contribution >= 0.6 is 0 Å². The fraction of sp³-hybridized carbons (Fsp3) is 0.353. The summed E-state index contributed by atoms with van der Waals surface area (Å²) in [5, 5.41) is 57.5. The van der Waals surface area contributed by atoms with Crippen molar-refractivity contribution in [3.8, 4) is 11.5 Å². The number of aliphatic carboxylic acids is 1. The summed E-state index contributed by atoms with van der Waals surface area (Å²) in [5.74, 6) is -2.02. The first-order valence-electron chi connectivity index (χ1n) is 7.50. The summed E-state index contributed by atoms with van der Waals surface area (Å²) in [5.41, 5.74) is -1.66. The van der Waals surface area contributed by atoms with Crippen LogP contribution in [0, 0.1) is 0 Å². The minimum absolute atomic E-state index is 0.0541. The molecule has 2 rings (SSSR count). The third-order valence-corrected chi connectivity index (χ3v) is 4.02. The van der Waals surface area contributed by atoms with E-state index in [4.69, 9.17) is 9.84 Å². The highest BCUT2D eigenvalue weighted by atomic mass is 16.5. The van der Waals surface area contributed by atoms with E-state index in [2.05, 4.69) is 6.58 Å². The fourth-order valence-electron chi connectivity index (χ4n) is 2.60. The Hall–Kier alpha value is -2.55. The van der Waals surface area contributed by atoms with Crippen LogP contribution in [-0.4, -0.2) is 60.5 Å². The number of aliphatic hydroxyl groups excluding tert-OH is 2. The van der Waals surface area contributed by atoms with E-state index in [1.165, 1.54) is 30.4 Å². The minimum Gasteiger partial charge on any atom is -0.504 e. The highest BCUT2D eigenvalue weighted by Crippen LogP contribution is 2.32. The maximum atomic E-state index is 11.2. The highest BCUT2D eigenvalue weighted by molar-refractivity contribution is 5.77. The van der Waals surface area contributed by atoms with Gasteiger partial charge in [0.25, 0.3) is 0 Å². The molecule has 1 saturated carbocycles. The van der Waals surface area contributed by atoms with Crippen LogP contribution in [0.4, 0.5) is 0 Å². The number of carboxylic acids is 1. The Morgan fingerprint density at radius 1 is 1.24 bits per heavy atom. The van der Waals surface area contributed by atoms with Crippen LogP contribution in [0.2, 0.25) is 0 Å². The van der Waals surface area contributed by atoms with Gasteiger partial charge in [0.2, 0.25) is 0 Å². The number of allylic oxidation sites excluding steroid dienone is 1. The number of ether oxygens (including phenoxy) is 1. The van der Waals surface area contributed by atoms with Crippen molar-refractivity contribution < 1.29 is 40.2 Å². The van der Waals surface area contributed by atoms with Crippen LogP contribution in [0.15, 0.2) is 36.6 Å². The quantitative estimate of drug-likeness (QED) is 0.252. The molecule has 1 aromatic carbocycles. The van der Waals surface area contributed by atoms with Gasteiger partial charge in [0.15, 0.2) is 17.1 Å². The first-order valence-corrected chi connectivity index (χ1v) is 7.50. The van der Waals surface area contributed by atoms with E-state index >= 15 is 0 Å². The summed E-state index contributed by atoms with van der Waals surface area (Å²) in [6.07, 6.45) is -1.98. The fourth-order valence-corrected chi connectivity index (χ4v) is 2.60. The normalized spacial score (nSPS) is 29.5. The van der Waals surface area contributed by atoms with Crippen molar-refractivity contribution >= 4 is 12.0 Å². The van der Waals surface area contributed by atoms with Crippen molar-refractivity contribution in [1.29, 1.82) is 0 Å². The lowest BCUT2D eigenvalue weighted by molar-refractivity contribution is -0.188. The maximum Gasteiger partial charge on any atom is 0.335 e. The van der Waals surface area contributed by atoms with Crippen molar-refractivity contribution in [1.82, 2.24) is 0 Å². The zero-order chi connectivity index (χ0) is 18.8. The molecule has 136 valence electrons. The van der Waals surface area contributed by atoms with Crippen LogP contribution in [0.1, 0.15) is 18.4 Å². The summed E-state index contributed by atoms with van der Waals surface area (Å²) >= 11 is 0. The van der Waals surface area contributed by atoms with Crippen LogP contribution in [-0.2, 0) is 9.53 Å². The van der Waals surface area contributed by atoms with E-state index in [0.717, 1.165) is 0 Å². The maximum absolute atomic E-state index is 11.2. The molecule has 0 bridgehead atoms. The van der Waals surface area contributed by atoms with E-state index in [-0.39, 0.29) is 17.3 Å². The third-order valence-electron chi connectivity index (χ3n) is 4.02. The largest absolute Gasteiger partial charge is 0.504 e. The number of aromatic hydroxyl groups is 2. The molecule has 0 radical (unpaired) electrons. The van der Waals surface area contributed by atoms with Gasteiger partial charge in [-0.15, -0.1) is 0 Å². The molecule has 0 spiro atoms. The van der Waals surface area contributed by atoms with Crippen LogP contribution in [0.3, 0.4) is 0 Å². The van der Waals surface area contributed by atoms with Crippen molar-refractivity contribution in [2.75, 3.05) is 0 Å². The molecule has 4 atom stereocenters. The van der Waals surface area contributed by atoms with Gasteiger partial charge in [-0.05, 0) is 23.8 Å². The van der Waals surface area contributed by atoms with Gasteiger partial charge in [-0.25, -0.2) is 4.79 Å². The van der Waals surface area contributed by atoms with Crippen LogP contribution < -0.4 is 0 Å². The monoisotopic (exact) mass is 352 g/mol. The number of hydrogen-bond donors (Lipinski definition) is 6. The number of carbonyl (C=O) groups is 1. The molecule has 1 aliphatic rings. The average molecular weight is 352 g/mol. The second kappa shape index (κ2) is 7.14. The summed E-state index contributed by atoms with van der Waals surface area (Å²) < 4.78 is 5.37. The second-order valence-corrected chi connectivity index (χ2v) is 6.01. The molecule has 0 saturated heterocycles. The predicted octanol–water partition coefficient (Wildman–Crippen LogP) is 0.341. The van der Waals surface area contributed by atoms with E-state index in [0.29, 0.717) is 5.56 Å². The molecular formula is C17H20O8. The average Bonchev–Trinajstić information content (AvgIpc) is 2.53. The van der Waals surface area contributed by atoms with Gasteiger partial charge >= 0.3 is 5.97 Å². The molecule has 8 nitrogen and oxygen atoms in total. The van der Waals surface area contributed by atoms with E-state index < -0.39 is 42.7 Å². The lowest BCUT2D eigenvalue weighted by Gasteiger charge is -2.39. The lowest BCUT2D eigenvalue weighted by Crippen LogP contribution is -2.56. The van der Waals surface area contributed by atoms with Gasteiger partial charge in [0.05, 0.1) is 6.10 Å². The standard InChI is InChI=1S/C17H20O8/c1-9(2-3-10-4-5-11(18)12(19)6-10)25-14-8-17(24,16(22)23)7-13(20)15(14)21/h2-6,13-15,18-21,24H,1,7-8H2,(H,22,23)/b3-2+/t13-,14-,15-,17+/m1/s1. The molecule has 1 fully saturated rings. The lowest BCUT2D eigenvalue weighted by atomic mass is 9.79. The molecular weight excluding hydrogens is 332 g/mol. The molecule has 25 heavy (non-hydrogen) atoms. The van der Waals surface area contributed by atoms with Crippen molar-refractivity contribution in [3.05, 3.63) is 42.2 Å². The first-order chi connectivity index (χ1) is 11.6. The van der Waals surface area contributed by atoms with Crippen molar-refractivity contribution in [3.63, 3.8) is 0 Å². The second-order valence-electron chi connectivity index (χ2n) is 6.01. The molecule has 6 N–H and O–H groups in total. The van der Waals surface area contributed by atoms with Crippen molar-refractivity contribution in [2.24, 2.45) is 0 Å². The molecule has 0 heterocycles. The zero-order valence-corrected chi connectivity index (χ0v) is 13.2. The van der Waals surface area contributed by atoms with Gasteiger partial charge in [-0.1, -0.05) is 18.7 Å². The van der Waals surface area contributed by atoms with E-state index in [9.17, 15) is 30.3 Å². The topological polar surface area (TPSA) is 148 Å². The Bertz CT molecular complexity index is 698. The smallest absolute Gasteiger partial charge is 0.335 e.